The molecule has 8 nitrogen and oxygen atoms in total. The monoisotopic (exact) mass is 313 g/mol. The average molecular weight is 313 g/mol. The first-order valence-electron chi connectivity index (χ1n) is 7.26. The summed E-state index contributed by atoms with van der Waals surface area (Å²) in [4.78, 5) is 22.3. The van der Waals surface area contributed by atoms with E-state index in [2.05, 4.69) is 25.5 Å². The van der Waals surface area contributed by atoms with E-state index in [-0.39, 0.29) is 12.5 Å². The molecule has 120 valence electrons. The van der Waals surface area contributed by atoms with Crippen LogP contribution in [0, 0.1) is 13.8 Å². The van der Waals surface area contributed by atoms with E-state index < -0.39 is 0 Å². The quantitative estimate of drug-likeness (QED) is 0.763. The lowest BCUT2D eigenvalue weighted by molar-refractivity contribution is -0.129. The smallest absolute Gasteiger partial charge is 0.242 e. The number of hydrogen-bond donors (Lipinski definition) is 2. The Kier molecular flexibility index (Phi) is 3.73. The van der Waals surface area contributed by atoms with E-state index in [4.69, 9.17) is 0 Å². The second-order valence-electron chi connectivity index (χ2n) is 5.62. The van der Waals surface area contributed by atoms with Gasteiger partial charge in [-0.2, -0.15) is 5.10 Å². The van der Waals surface area contributed by atoms with E-state index in [1.165, 1.54) is 0 Å². The number of carbonyl (C=O) groups excluding carboxylic acids is 1. The fraction of sp³-hybridized carbons (Fsp3) is 0.333. The van der Waals surface area contributed by atoms with Crippen LogP contribution in [-0.2, 0) is 11.3 Å². The molecule has 2 N–H and O–H groups in total. The number of imidazole rings is 1. The van der Waals surface area contributed by atoms with E-state index in [9.17, 15) is 4.79 Å². The number of aromatic amines is 1. The van der Waals surface area contributed by atoms with Crippen molar-refractivity contribution in [2.24, 2.45) is 0 Å². The van der Waals surface area contributed by atoms with Crippen molar-refractivity contribution < 1.29 is 4.79 Å². The number of likely N-dealkylation sites (N-methyl/N-ethyl adjacent to an activating group) is 1. The standard InChI is InChI=1S/C15H19N7O/c1-9-13(10(2)20-19-9)18-15-14-11(5-6-16-15)22(8-17-14)7-12(23)21(3)4/h5-6,8H,7H2,1-4H3,(H,16,18)(H,19,20). The molecule has 0 aliphatic heterocycles. The lowest BCUT2D eigenvalue weighted by Gasteiger charge is -2.11. The van der Waals surface area contributed by atoms with Gasteiger partial charge in [0.15, 0.2) is 5.82 Å². The maximum Gasteiger partial charge on any atom is 0.242 e. The molecule has 23 heavy (non-hydrogen) atoms. The highest BCUT2D eigenvalue weighted by Gasteiger charge is 2.14. The summed E-state index contributed by atoms with van der Waals surface area (Å²) in [5, 5.41) is 10.4. The third-order valence-corrected chi connectivity index (χ3v) is 3.71. The molecule has 3 heterocycles. The van der Waals surface area contributed by atoms with E-state index >= 15 is 0 Å². The number of carbonyl (C=O) groups is 1. The van der Waals surface area contributed by atoms with Gasteiger partial charge in [0.25, 0.3) is 0 Å². The van der Waals surface area contributed by atoms with Crippen molar-refractivity contribution in [1.29, 1.82) is 0 Å². The van der Waals surface area contributed by atoms with Gasteiger partial charge in [0.2, 0.25) is 5.91 Å². The fourth-order valence-electron chi connectivity index (χ4n) is 2.35. The van der Waals surface area contributed by atoms with Gasteiger partial charge in [-0.1, -0.05) is 0 Å². The molecule has 3 aromatic heterocycles. The number of H-pyrrole nitrogens is 1. The molecule has 0 bridgehead atoms. The lowest BCUT2D eigenvalue weighted by Crippen LogP contribution is -2.25. The Morgan fingerprint density at radius 1 is 1.35 bits per heavy atom. The Balaban J connectivity index is 1.97. The zero-order valence-corrected chi connectivity index (χ0v) is 13.6. The van der Waals surface area contributed by atoms with E-state index in [0.29, 0.717) is 5.82 Å². The molecule has 0 saturated carbocycles. The van der Waals surface area contributed by atoms with Crippen molar-refractivity contribution in [3.8, 4) is 0 Å². The van der Waals surface area contributed by atoms with Crippen LogP contribution in [0.5, 0.6) is 0 Å². The van der Waals surface area contributed by atoms with Crippen LogP contribution in [0.3, 0.4) is 0 Å². The number of hydrogen-bond acceptors (Lipinski definition) is 5. The van der Waals surface area contributed by atoms with Crippen molar-refractivity contribution in [1.82, 2.24) is 29.6 Å². The third-order valence-electron chi connectivity index (χ3n) is 3.71. The largest absolute Gasteiger partial charge is 0.347 e. The number of anilines is 2. The van der Waals surface area contributed by atoms with E-state index in [1.807, 2.05) is 24.5 Å². The van der Waals surface area contributed by atoms with Crippen LogP contribution in [-0.4, -0.2) is 49.6 Å². The van der Waals surface area contributed by atoms with Gasteiger partial charge in [-0.25, -0.2) is 9.97 Å². The molecule has 0 spiro atoms. The molecular formula is C15H19N7O. The minimum absolute atomic E-state index is 0.0112. The van der Waals surface area contributed by atoms with Gasteiger partial charge in [-0.3, -0.25) is 9.89 Å². The zero-order valence-electron chi connectivity index (χ0n) is 13.6. The number of fused-ring (bicyclic) bond motifs is 1. The molecule has 3 aromatic rings. The van der Waals surface area contributed by atoms with Gasteiger partial charge in [-0.05, 0) is 19.9 Å². The Bertz CT molecular complexity index is 842. The molecule has 0 aliphatic carbocycles. The van der Waals surface area contributed by atoms with Crippen LogP contribution in [0.25, 0.3) is 11.0 Å². The first-order valence-corrected chi connectivity index (χ1v) is 7.26. The van der Waals surface area contributed by atoms with Gasteiger partial charge in [-0.15, -0.1) is 0 Å². The summed E-state index contributed by atoms with van der Waals surface area (Å²) in [5.74, 6) is 0.656. The number of nitrogens with zero attached hydrogens (tertiary/aromatic N) is 5. The molecule has 1 amide bonds. The number of aromatic nitrogens is 5. The maximum absolute atomic E-state index is 11.9. The molecule has 0 atom stereocenters. The van der Waals surface area contributed by atoms with Gasteiger partial charge < -0.3 is 14.8 Å². The second kappa shape index (κ2) is 5.71. The number of rotatable bonds is 4. The summed E-state index contributed by atoms with van der Waals surface area (Å²) in [6, 6.07) is 1.85. The minimum atomic E-state index is 0.0112. The van der Waals surface area contributed by atoms with Crippen LogP contribution in [0.15, 0.2) is 18.6 Å². The van der Waals surface area contributed by atoms with Crippen molar-refractivity contribution >= 4 is 28.4 Å². The normalized spacial score (nSPS) is 11.0. The summed E-state index contributed by atoms with van der Waals surface area (Å²) >= 11 is 0. The molecule has 0 fully saturated rings. The first-order chi connectivity index (χ1) is 11.0. The number of pyridine rings is 1. The molecule has 3 rings (SSSR count). The van der Waals surface area contributed by atoms with Crippen LogP contribution in [0.2, 0.25) is 0 Å². The fourth-order valence-corrected chi connectivity index (χ4v) is 2.35. The minimum Gasteiger partial charge on any atom is -0.347 e. The van der Waals surface area contributed by atoms with E-state index in [0.717, 1.165) is 28.1 Å². The van der Waals surface area contributed by atoms with Crippen molar-refractivity contribution in [2.75, 3.05) is 19.4 Å². The molecule has 0 saturated heterocycles. The highest BCUT2D eigenvalue weighted by Crippen LogP contribution is 2.26. The van der Waals surface area contributed by atoms with Crippen LogP contribution in [0.4, 0.5) is 11.5 Å². The molecule has 0 radical (unpaired) electrons. The lowest BCUT2D eigenvalue weighted by atomic mass is 10.3. The number of amides is 1. The Labute approximate surface area is 133 Å². The Morgan fingerprint density at radius 2 is 2.13 bits per heavy atom. The third kappa shape index (κ3) is 2.75. The molecular weight excluding hydrogens is 294 g/mol. The van der Waals surface area contributed by atoms with Crippen molar-refractivity contribution in [2.45, 2.75) is 20.4 Å². The zero-order chi connectivity index (χ0) is 16.6. The summed E-state index contributed by atoms with van der Waals surface area (Å²) in [5.41, 5.74) is 4.27. The summed E-state index contributed by atoms with van der Waals surface area (Å²) < 4.78 is 1.82. The van der Waals surface area contributed by atoms with E-state index in [1.54, 1.807) is 31.5 Å². The van der Waals surface area contributed by atoms with Crippen molar-refractivity contribution in [3.63, 3.8) is 0 Å². The topological polar surface area (TPSA) is 91.7 Å². The maximum atomic E-state index is 11.9. The summed E-state index contributed by atoms with van der Waals surface area (Å²) in [6.07, 6.45) is 3.36. The predicted molar refractivity (Wildman–Crippen MR) is 87.6 cm³/mol. The summed E-state index contributed by atoms with van der Waals surface area (Å²) in [7, 11) is 3.47. The van der Waals surface area contributed by atoms with Gasteiger partial charge in [0, 0.05) is 20.3 Å². The number of nitrogens with one attached hydrogen (secondary N) is 2. The van der Waals surface area contributed by atoms with Crippen LogP contribution < -0.4 is 5.32 Å². The van der Waals surface area contributed by atoms with Gasteiger partial charge >= 0.3 is 0 Å². The van der Waals surface area contributed by atoms with Crippen LogP contribution in [0.1, 0.15) is 11.4 Å². The Morgan fingerprint density at radius 3 is 2.78 bits per heavy atom. The highest BCUT2D eigenvalue weighted by molar-refractivity contribution is 5.89. The SMILES string of the molecule is Cc1n[nH]c(C)c1Nc1nccc2c1ncn2CC(=O)N(C)C. The van der Waals surface area contributed by atoms with Crippen LogP contribution >= 0.6 is 0 Å². The molecule has 0 aliphatic rings. The van der Waals surface area contributed by atoms with Gasteiger partial charge in [0.1, 0.15) is 12.1 Å². The second-order valence-corrected chi connectivity index (χ2v) is 5.62. The molecule has 8 heteroatoms. The van der Waals surface area contributed by atoms with Crippen molar-refractivity contribution in [3.05, 3.63) is 30.0 Å². The predicted octanol–water partition coefficient (Wildman–Crippen LogP) is 1.60. The highest BCUT2D eigenvalue weighted by atomic mass is 16.2. The Hall–Kier alpha value is -2.90. The van der Waals surface area contributed by atoms with Gasteiger partial charge in [0.05, 0.1) is 28.9 Å². The number of aryl methyl sites for hydroxylation is 2. The average Bonchev–Trinajstić information content (AvgIpc) is 3.06. The summed E-state index contributed by atoms with van der Waals surface area (Å²) in [6.45, 7) is 4.11. The first kappa shape index (κ1) is 15.0. The molecule has 0 aromatic carbocycles. The molecule has 0 unspecified atom stereocenters.